The van der Waals surface area contributed by atoms with Crippen LogP contribution in [0.15, 0.2) is 59.5 Å². The molecule has 1 N–H and O–H groups in total. The van der Waals surface area contributed by atoms with Crippen LogP contribution in [0.5, 0.6) is 0 Å². The predicted octanol–water partition coefficient (Wildman–Crippen LogP) is 6.02. The SMILES string of the molecule is C[C@H](NC(=O)OC(C)(C)C)C(=O)O[C@@H](C)[C@H](Sc1cccc(Cl)c1)c1ccccc1. The second-order valence-electron chi connectivity index (χ2n) is 7.92. The lowest BCUT2D eigenvalue weighted by atomic mass is 10.1. The van der Waals surface area contributed by atoms with Crippen molar-refractivity contribution in [1.82, 2.24) is 5.32 Å². The van der Waals surface area contributed by atoms with Crippen molar-refractivity contribution in [3.05, 3.63) is 65.2 Å². The Hall–Kier alpha value is -2.18. The van der Waals surface area contributed by atoms with Gasteiger partial charge in [-0.2, -0.15) is 0 Å². The number of hydrogen-bond donors (Lipinski definition) is 1. The minimum Gasteiger partial charge on any atom is -0.460 e. The largest absolute Gasteiger partial charge is 0.460 e. The highest BCUT2D eigenvalue weighted by Gasteiger charge is 2.28. The third-order valence-electron chi connectivity index (χ3n) is 4.00. The van der Waals surface area contributed by atoms with Gasteiger partial charge in [-0.05, 0) is 58.4 Å². The Morgan fingerprint density at radius 2 is 1.70 bits per heavy atom. The molecule has 2 aromatic carbocycles. The number of carbonyl (C=O) groups is 2. The summed E-state index contributed by atoms with van der Waals surface area (Å²) in [5.74, 6) is -0.527. The summed E-state index contributed by atoms with van der Waals surface area (Å²) in [6.45, 7) is 8.69. The Labute approximate surface area is 187 Å². The van der Waals surface area contributed by atoms with E-state index < -0.39 is 29.8 Å². The van der Waals surface area contributed by atoms with Crippen LogP contribution < -0.4 is 5.32 Å². The Kier molecular flexibility index (Phi) is 8.62. The molecule has 7 heteroatoms. The van der Waals surface area contributed by atoms with Crippen molar-refractivity contribution < 1.29 is 19.1 Å². The van der Waals surface area contributed by atoms with Gasteiger partial charge >= 0.3 is 12.1 Å². The van der Waals surface area contributed by atoms with Crippen LogP contribution in [0.2, 0.25) is 5.02 Å². The smallest absolute Gasteiger partial charge is 0.408 e. The number of halogens is 1. The molecule has 2 rings (SSSR count). The Balaban J connectivity index is 2.09. The van der Waals surface area contributed by atoms with Gasteiger partial charge < -0.3 is 14.8 Å². The molecule has 0 bridgehead atoms. The van der Waals surface area contributed by atoms with Gasteiger partial charge in [0.05, 0.1) is 5.25 Å². The van der Waals surface area contributed by atoms with Gasteiger partial charge in [0.1, 0.15) is 17.7 Å². The number of nitrogens with one attached hydrogen (secondary N) is 1. The molecule has 0 aliphatic rings. The van der Waals surface area contributed by atoms with Gasteiger partial charge in [0.2, 0.25) is 0 Å². The number of alkyl carbamates (subject to hydrolysis) is 1. The van der Waals surface area contributed by atoms with Crippen LogP contribution in [-0.2, 0) is 14.3 Å². The molecular formula is C23H28ClNO4S. The van der Waals surface area contributed by atoms with Crippen LogP contribution in [-0.4, -0.2) is 29.8 Å². The molecule has 0 spiro atoms. The average Bonchev–Trinajstić information content (AvgIpc) is 2.65. The van der Waals surface area contributed by atoms with Crippen molar-refractivity contribution in [2.75, 3.05) is 0 Å². The Morgan fingerprint density at radius 1 is 1.03 bits per heavy atom. The van der Waals surface area contributed by atoms with E-state index in [1.165, 1.54) is 0 Å². The topological polar surface area (TPSA) is 64.6 Å². The average molecular weight is 450 g/mol. The number of ether oxygens (including phenoxy) is 2. The molecule has 1 amide bonds. The minimum absolute atomic E-state index is 0.151. The van der Waals surface area contributed by atoms with Crippen LogP contribution in [0.1, 0.15) is 45.4 Å². The fraction of sp³-hybridized carbons (Fsp3) is 0.391. The molecule has 5 nitrogen and oxygen atoms in total. The summed E-state index contributed by atoms with van der Waals surface area (Å²) in [4.78, 5) is 25.5. The Morgan fingerprint density at radius 3 is 2.30 bits per heavy atom. The first-order chi connectivity index (χ1) is 14.0. The van der Waals surface area contributed by atoms with E-state index in [0.717, 1.165) is 10.5 Å². The van der Waals surface area contributed by atoms with Gasteiger partial charge in [0.15, 0.2) is 0 Å². The molecule has 0 saturated heterocycles. The van der Waals surface area contributed by atoms with E-state index in [-0.39, 0.29) is 5.25 Å². The van der Waals surface area contributed by atoms with E-state index >= 15 is 0 Å². The molecule has 0 aromatic heterocycles. The third-order valence-corrected chi connectivity index (χ3v) is 5.67. The van der Waals surface area contributed by atoms with E-state index in [2.05, 4.69) is 5.32 Å². The zero-order chi connectivity index (χ0) is 22.3. The van der Waals surface area contributed by atoms with E-state index in [4.69, 9.17) is 21.1 Å². The third kappa shape index (κ3) is 7.92. The number of esters is 1. The predicted molar refractivity (Wildman–Crippen MR) is 121 cm³/mol. The molecule has 30 heavy (non-hydrogen) atoms. The van der Waals surface area contributed by atoms with Crippen LogP contribution >= 0.6 is 23.4 Å². The lowest BCUT2D eigenvalue weighted by Gasteiger charge is -2.26. The molecular weight excluding hydrogens is 422 g/mol. The molecule has 0 aliphatic heterocycles. The van der Waals surface area contributed by atoms with Crippen LogP contribution in [0, 0.1) is 0 Å². The van der Waals surface area contributed by atoms with Gasteiger partial charge in [-0.1, -0.05) is 48.0 Å². The second-order valence-corrected chi connectivity index (χ2v) is 9.57. The zero-order valence-corrected chi connectivity index (χ0v) is 19.4. The summed E-state index contributed by atoms with van der Waals surface area (Å²) < 4.78 is 10.9. The molecule has 0 radical (unpaired) electrons. The highest BCUT2D eigenvalue weighted by atomic mass is 35.5. The lowest BCUT2D eigenvalue weighted by molar-refractivity contribution is -0.150. The summed E-state index contributed by atoms with van der Waals surface area (Å²) >= 11 is 7.69. The highest BCUT2D eigenvalue weighted by Crippen LogP contribution is 2.39. The minimum atomic E-state index is -0.838. The monoisotopic (exact) mass is 449 g/mol. The fourth-order valence-corrected chi connectivity index (χ4v) is 4.10. The molecule has 3 atom stereocenters. The van der Waals surface area contributed by atoms with Crippen LogP contribution in [0.3, 0.4) is 0 Å². The Bertz CT molecular complexity index is 854. The zero-order valence-electron chi connectivity index (χ0n) is 17.8. The van der Waals surface area contributed by atoms with E-state index in [0.29, 0.717) is 5.02 Å². The first-order valence-electron chi connectivity index (χ1n) is 9.72. The van der Waals surface area contributed by atoms with Gasteiger partial charge in [-0.25, -0.2) is 9.59 Å². The summed E-state index contributed by atoms with van der Waals surface area (Å²) in [5.41, 5.74) is 0.378. The number of benzene rings is 2. The first-order valence-corrected chi connectivity index (χ1v) is 11.0. The van der Waals surface area contributed by atoms with Crippen molar-refractivity contribution in [3.63, 3.8) is 0 Å². The molecule has 0 heterocycles. The second kappa shape index (κ2) is 10.7. The maximum Gasteiger partial charge on any atom is 0.408 e. The van der Waals surface area contributed by atoms with E-state index in [9.17, 15) is 9.59 Å². The van der Waals surface area contributed by atoms with Gasteiger partial charge in [-0.15, -0.1) is 11.8 Å². The van der Waals surface area contributed by atoms with Gasteiger partial charge in [0.25, 0.3) is 0 Å². The maximum absolute atomic E-state index is 12.6. The van der Waals surface area contributed by atoms with Crippen molar-refractivity contribution in [2.24, 2.45) is 0 Å². The van der Waals surface area contributed by atoms with Gasteiger partial charge in [-0.3, -0.25) is 0 Å². The molecule has 162 valence electrons. The molecule has 0 unspecified atom stereocenters. The number of rotatable bonds is 7. The highest BCUT2D eigenvalue weighted by molar-refractivity contribution is 7.99. The quantitative estimate of drug-likeness (QED) is 0.413. The van der Waals surface area contributed by atoms with Crippen molar-refractivity contribution in [3.8, 4) is 0 Å². The number of carbonyl (C=O) groups excluding carboxylic acids is 2. The summed E-state index contributed by atoms with van der Waals surface area (Å²) in [6, 6.07) is 16.5. The maximum atomic E-state index is 12.6. The molecule has 2 aromatic rings. The van der Waals surface area contributed by atoms with Crippen molar-refractivity contribution >= 4 is 35.4 Å². The molecule has 0 fully saturated rings. The summed E-state index contributed by atoms with van der Waals surface area (Å²) in [6.07, 6.45) is -1.11. The number of thioether (sulfide) groups is 1. The number of amides is 1. The number of hydrogen-bond acceptors (Lipinski definition) is 5. The standard InChI is InChI=1S/C23H28ClNO4S/c1-15(25-22(27)29-23(3,4)5)21(26)28-16(2)20(17-10-7-6-8-11-17)30-19-13-9-12-18(24)14-19/h6-16,20H,1-5H3,(H,25,27)/t15-,16-,20-/m0/s1. The van der Waals surface area contributed by atoms with Gasteiger partial charge in [0, 0.05) is 9.92 Å². The normalized spacial score (nSPS) is 14.3. The van der Waals surface area contributed by atoms with Crippen LogP contribution in [0.25, 0.3) is 0 Å². The molecule has 0 saturated carbocycles. The van der Waals surface area contributed by atoms with Crippen LogP contribution in [0.4, 0.5) is 4.79 Å². The lowest BCUT2D eigenvalue weighted by Crippen LogP contribution is -2.43. The van der Waals surface area contributed by atoms with E-state index in [1.807, 2.05) is 61.5 Å². The van der Waals surface area contributed by atoms with Crippen molar-refractivity contribution in [1.29, 1.82) is 0 Å². The fourth-order valence-electron chi connectivity index (χ4n) is 2.65. The molecule has 0 aliphatic carbocycles. The first kappa shape index (κ1) is 24.1. The summed E-state index contributed by atoms with van der Waals surface area (Å²) in [5, 5.41) is 3.01. The van der Waals surface area contributed by atoms with E-state index in [1.54, 1.807) is 39.5 Å². The summed E-state index contributed by atoms with van der Waals surface area (Å²) in [7, 11) is 0. The van der Waals surface area contributed by atoms with Crippen molar-refractivity contribution in [2.45, 2.75) is 62.5 Å².